The zero-order chi connectivity index (χ0) is 19.5. The number of fused-ring (bicyclic) bond motifs is 1. The normalized spacial score (nSPS) is 19.8. The van der Waals surface area contributed by atoms with Gasteiger partial charge >= 0.3 is 0 Å². The van der Waals surface area contributed by atoms with Gasteiger partial charge in [0.15, 0.2) is 0 Å². The zero-order valence-electron chi connectivity index (χ0n) is 16.2. The van der Waals surface area contributed by atoms with Gasteiger partial charge in [0, 0.05) is 36.1 Å². The van der Waals surface area contributed by atoms with Crippen molar-refractivity contribution >= 4 is 17.5 Å². The molecule has 0 N–H and O–H groups in total. The van der Waals surface area contributed by atoms with Gasteiger partial charge in [0.25, 0.3) is 5.91 Å². The van der Waals surface area contributed by atoms with Crippen LogP contribution in [0.15, 0.2) is 36.7 Å². The molecule has 0 radical (unpaired) electrons. The van der Waals surface area contributed by atoms with Crippen LogP contribution in [0.4, 0.5) is 0 Å². The van der Waals surface area contributed by atoms with E-state index in [0.29, 0.717) is 36.2 Å². The molecular formula is C22H26ClN3O2. The number of likely N-dealkylation sites (tertiary alicyclic amines) is 1. The van der Waals surface area contributed by atoms with Crippen molar-refractivity contribution in [2.45, 2.75) is 26.3 Å². The van der Waals surface area contributed by atoms with Crippen LogP contribution < -0.4 is 4.74 Å². The molecule has 2 aliphatic heterocycles. The number of ether oxygens (including phenoxy) is 1. The fourth-order valence-corrected chi connectivity index (χ4v) is 4.33. The molecule has 0 saturated carbocycles. The maximum Gasteiger partial charge on any atom is 0.255 e. The number of hydrogen-bond donors (Lipinski definition) is 0. The van der Waals surface area contributed by atoms with Gasteiger partial charge in [-0.2, -0.15) is 0 Å². The first-order valence-electron chi connectivity index (χ1n) is 9.99. The van der Waals surface area contributed by atoms with E-state index in [1.54, 1.807) is 6.20 Å². The fourth-order valence-electron chi connectivity index (χ4n) is 4.13. The first kappa shape index (κ1) is 19.2. The lowest BCUT2D eigenvalue weighted by Gasteiger charge is -2.20. The Morgan fingerprint density at radius 1 is 1.29 bits per heavy atom. The minimum atomic E-state index is -0.00705. The summed E-state index contributed by atoms with van der Waals surface area (Å²) in [6, 6.07) is 7.56. The predicted octanol–water partition coefficient (Wildman–Crippen LogP) is 3.65. The van der Waals surface area contributed by atoms with Crippen molar-refractivity contribution in [1.82, 2.24) is 14.8 Å². The van der Waals surface area contributed by atoms with E-state index in [1.807, 2.05) is 35.4 Å². The van der Waals surface area contributed by atoms with Crippen LogP contribution in [0.5, 0.6) is 5.75 Å². The molecule has 148 valence electrons. The molecule has 28 heavy (non-hydrogen) atoms. The Hall–Kier alpha value is -2.11. The van der Waals surface area contributed by atoms with E-state index in [9.17, 15) is 4.79 Å². The molecule has 0 bridgehead atoms. The minimum absolute atomic E-state index is 0.00705. The largest absolute Gasteiger partial charge is 0.491 e. The molecule has 1 fully saturated rings. The molecule has 1 amide bonds. The van der Waals surface area contributed by atoms with Crippen molar-refractivity contribution in [2.24, 2.45) is 5.92 Å². The van der Waals surface area contributed by atoms with Crippen LogP contribution in [0.3, 0.4) is 0 Å². The Kier molecular flexibility index (Phi) is 5.83. The van der Waals surface area contributed by atoms with Gasteiger partial charge in [0.2, 0.25) is 0 Å². The van der Waals surface area contributed by atoms with Crippen LogP contribution >= 0.6 is 11.6 Å². The van der Waals surface area contributed by atoms with Gasteiger partial charge in [-0.1, -0.05) is 18.5 Å². The van der Waals surface area contributed by atoms with E-state index < -0.39 is 0 Å². The fraction of sp³-hybridized carbons (Fsp3) is 0.455. The summed E-state index contributed by atoms with van der Waals surface area (Å²) in [5.74, 6) is 1.44. The molecule has 1 unspecified atom stereocenters. The summed E-state index contributed by atoms with van der Waals surface area (Å²) >= 11 is 6.12. The molecule has 2 aromatic rings. The third-order valence-corrected chi connectivity index (χ3v) is 5.91. The third kappa shape index (κ3) is 4.31. The molecular weight excluding hydrogens is 374 g/mol. The molecule has 3 heterocycles. The number of hydrogen-bond acceptors (Lipinski definition) is 4. The van der Waals surface area contributed by atoms with E-state index >= 15 is 0 Å². The molecule has 1 atom stereocenters. The van der Waals surface area contributed by atoms with E-state index in [-0.39, 0.29) is 5.91 Å². The van der Waals surface area contributed by atoms with Gasteiger partial charge < -0.3 is 14.5 Å². The van der Waals surface area contributed by atoms with Crippen molar-refractivity contribution in [3.05, 3.63) is 58.4 Å². The van der Waals surface area contributed by atoms with Gasteiger partial charge in [0.05, 0.1) is 12.1 Å². The van der Waals surface area contributed by atoms with Gasteiger partial charge in [-0.15, -0.1) is 0 Å². The van der Waals surface area contributed by atoms with Gasteiger partial charge in [-0.25, -0.2) is 0 Å². The molecule has 5 nitrogen and oxygen atoms in total. The number of benzene rings is 1. The highest BCUT2D eigenvalue weighted by Crippen LogP contribution is 2.27. The van der Waals surface area contributed by atoms with Crippen molar-refractivity contribution < 1.29 is 9.53 Å². The van der Waals surface area contributed by atoms with E-state index in [0.717, 1.165) is 36.4 Å². The summed E-state index contributed by atoms with van der Waals surface area (Å²) in [5.41, 5.74) is 2.73. The quantitative estimate of drug-likeness (QED) is 0.787. The number of amides is 1. The standard InChI is InChI=1S/C22H26ClN3O2/c1-2-25-6-5-16(14-25)9-17-10-18(13-24-12-17)22(27)26-7-8-28-21-4-3-20(23)11-19(21)15-26/h3-4,10-13,16H,2,5-9,14-15H2,1H3. The molecule has 2 aliphatic rings. The van der Waals surface area contributed by atoms with E-state index in [2.05, 4.69) is 16.8 Å². The van der Waals surface area contributed by atoms with E-state index in [1.165, 1.54) is 13.0 Å². The van der Waals surface area contributed by atoms with E-state index in [4.69, 9.17) is 16.3 Å². The second-order valence-corrected chi connectivity index (χ2v) is 8.10. The second-order valence-electron chi connectivity index (χ2n) is 7.66. The number of pyridine rings is 1. The first-order valence-corrected chi connectivity index (χ1v) is 10.4. The highest BCUT2D eigenvalue weighted by Gasteiger charge is 2.24. The predicted molar refractivity (Wildman–Crippen MR) is 110 cm³/mol. The third-order valence-electron chi connectivity index (χ3n) is 5.67. The lowest BCUT2D eigenvalue weighted by Crippen LogP contribution is -2.32. The van der Waals surface area contributed by atoms with Crippen LogP contribution in [0.1, 0.15) is 34.8 Å². The Bertz CT molecular complexity index is 857. The average molecular weight is 400 g/mol. The Morgan fingerprint density at radius 3 is 3.00 bits per heavy atom. The van der Waals surface area contributed by atoms with Crippen molar-refractivity contribution in [3.63, 3.8) is 0 Å². The summed E-state index contributed by atoms with van der Waals surface area (Å²) in [4.78, 5) is 21.8. The van der Waals surface area contributed by atoms with Crippen LogP contribution in [0.2, 0.25) is 5.02 Å². The van der Waals surface area contributed by atoms with Crippen LogP contribution in [0, 0.1) is 5.92 Å². The summed E-state index contributed by atoms with van der Waals surface area (Å²) < 4.78 is 5.78. The molecule has 0 spiro atoms. The summed E-state index contributed by atoms with van der Waals surface area (Å²) in [6.07, 6.45) is 5.76. The number of aromatic nitrogens is 1. The molecule has 1 aromatic carbocycles. The highest BCUT2D eigenvalue weighted by atomic mass is 35.5. The Labute approximate surface area is 171 Å². The summed E-state index contributed by atoms with van der Waals surface area (Å²) in [7, 11) is 0. The first-order chi connectivity index (χ1) is 13.6. The average Bonchev–Trinajstić information content (AvgIpc) is 3.05. The maximum absolute atomic E-state index is 13.1. The number of rotatable bonds is 4. The van der Waals surface area contributed by atoms with Crippen LogP contribution in [0.25, 0.3) is 0 Å². The van der Waals surface area contributed by atoms with Crippen molar-refractivity contribution in [2.75, 3.05) is 32.8 Å². The monoisotopic (exact) mass is 399 g/mol. The van der Waals surface area contributed by atoms with Crippen LogP contribution in [-0.2, 0) is 13.0 Å². The molecule has 6 heteroatoms. The smallest absolute Gasteiger partial charge is 0.255 e. The van der Waals surface area contributed by atoms with Gasteiger partial charge in [-0.05, 0) is 61.7 Å². The van der Waals surface area contributed by atoms with Gasteiger partial charge in [0.1, 0.15) is 12.4 Å². The van der Waals surface area contributed by atoms with Crippen molar-refractivity contribution in [1.29, 1.82) is 0 Å². The lowest BCUT2D eigenvalue weighted by atomic mass is 9.99. The number of nitrogens with zero attached hydrogens (tertiary/aromatic N) is 3. The molecule has 4 rings (SSSR count). The zero-order valence-corrected chi connectivity index (χ0v) is 17.0. The molecule has 0 aliphatic carbocycles. The summed E-state index contributed by atoms with van der Waals surface area (Å²) in [6.45, 7) is 7.13. The summed E-state index contributed by atoms with van der Waals surface area (Å²) in [5, 5.41) is 0.651. The number of halogens is 1. The van der Waals surface area contributed by atoms with Gasteiger partial charge in [-0.3, -0.25) is 9.78 Å². The second kappa shape index (κ2) is 8.50. The SMILES string of the molecule is CCN1CCC(Cc2cncc(C(=O)N3CCOc4ccc(Cl)cc4C3)c2)C1. The van der Waals surface area contributed by atoms with Crippen LogP contribution in [-0.4, -0.2) is 53.5 Å². The number of carbonyl (C=O) groups is 1. The Morgan fingerprint density at radius 2 is 2.18 bits per heavy atom. The maximum atomic E-state index is 13.1. The Balaban J connectivity index is 1.47. The minimum Gasteiger partial charge on any atom is -0.491 e. The number of carbonyl (C=O) groups excluding carboxylic acids is 1. The molecule has 1 saturated heterocycles. The lowest BCUT2D eigenvalue weighted by molar-refractivity contribution is 0.0732. The molecule has 1 aromatic heterocycles. The highest BCUT2D eigenvalue weighted by molar-refractivity contribution is 6.30. The van der Waals surface area contributed by atoms with Crippen molar-refractivity contribution in [3.8, 4) is 5.75 Å². The topological polar surface area (TPSA) is 45.7 Å².